The van der Waals surface area contributed by atoms with E-state index in [-0.39, 0.29) is 5.78 Å². The summed E-state index contributed by atoms with van der Waals surface area (Å²) in [6.07, 6.45) is 6.21. The van der Waals surface area contributed by atoms with E-state index in [9.17, 15) is 4.79 Å². The Kier molecular flexibility index (Phi) is 4.49. The molecule has 4 rings (SSSR count). The van der Waals surface area contributed by atoms with E-state index in [1.807, 2.05) is 18.2 Å². The van der Waals surface area contributed by atoms with Gasteiger partial charge in [-0.2, -0.15) is 0 Å². The lowest BCUT2D eigenvalue weighted by atomic mass is 10.0. The summed E-state index contributed by atoms with van der Waals surface area (Å²) in [5.41, 5.74) is 5.24. The van der Waals surface area contributed by atoms with Crippen molar-refractivity contribution in [2.75, 3.05) is 31.5 Å². The largest absolute Gasteiger partial charge is 0.369 e. The van der Waals surface area contributed by atoms with E-state index in [1.54, 1.807) is 13.3 Å². The van der Waals surface area contributed by atoms with E-state index in [2.05, 4.69) is 20.2 Å². The Morgan fingerprint density at radius 3 is 2.88 bits per heavy atom. The Morgan fingerprint density at radius 2 is 2.08 bits per heavy atom. The van der Waals surface area contributed by atoms with Gasteiger partial charge in [-0.1, -0.05) is 12.1 Å². The molecule has 1 aromatic heterocycles. The number of rotatable bonds is 6. The number of hydrogen-bond acceptors (Lipinski definition) is 5. The number of fused-ring (bicyclic) bond motifs is 3. The lowest BCUT2D eigenvalue weighted by Gasteiger charge is -2.15. The van der Waals surface area contributed by atoms with E-state index in [4.69, 9.17) is 0 Å². The summed E-state index contributed by atoms with van der Waals surface area (Å²) < 4.78 is 0. The van der Waals surface area contributed by atoms with Crippen molar-refractivity contribution < 1.29 is 4.79 Å². The molecule has 2 heterocycles. The van der Waals surface area contributed by atoms with Crippen LogP contribution in [0, 0.1) is 0 Å². The van der Waals surface area contributed by atoms with Crippen LogP contribution in [0.1, 0.15) is 47.8 Å². The second-order valence-electron chi connectivity index (χ2n) is 6.98. The Morgan fingerprint density at radius 1 is 1.24 bits per heavy atom. The molecule has 1 aliphatic carbocycles. The van der Waals surface area contributed by atoms with Gasteiger partial charge in [-0.25, -0.2) is 9.97 Å². The van der Waals surface area contributed by atoms with Crippen molar-refractivity contribution in [3.63, 3.8) is 0 Å². The Bertz CT molecular complexity index is 796. The molecule has 0 radical (unpaired) electrons. The molecule has 0 saturated carbocycles. The first-order chi connectivity index (χ1) is 12.2. The highest BCUT2D eigenvalue weighted by Crippen LogP contribution is 2.39. The van der Waals surface area contributed by atoms with Crippen molar-refractivity contribution in [2.45, 2.75) is 32.6 Å². The minimum atomic E-state index is 0.102. The van der Waals surface area contributed by atoms with Crippen LogP contribution in [-0.4, -0.2) is 46.8 Å². The third-order valence-corrected chi connectivity index (χ3v) is 5.21. The average Bonchev–Trinajstić information content (AvgIpc) is 3.25. The lowest BCUT2D eigenvalue weighted by Crippen LogP contribution is -2.22. The molecule has 0 unspecified atom stereocenters. The first-order valence-electron chi connectivity index (χ1n) is 9.17. The van der Waals surface area contributed by atoms with E-state index in [0.717, 1.165) is 54.1 Å². The van der Waals surface area contributed by atoms with Gasteiger partial charge < -0.3 is 10.2 Å². The van der Waals surface area contributed by atoms with Crippen molar-refractivity contribution in [3.8, 4) is 11.1 Å². The van der Waals surface area contributed by atoms with E-state index in [0.29, 0.717) is 0 Å². The number of Topliss-reactive ketones (excluding diaryl/α,β-unsaturated/α-hetero) is 1. The van der Waals surface area contributed by atoms with Crippen LogP contribution in [0.3, 0.4) is 0 Å². The van der Waals surface area contributed by atoms with E-state index < -0.39 is 0 Å². The molecule has 0 spiro atoms. The number of nitrogens with zero attached hydrogens (tertiary/aromatic N) is 3. The van der Waals surface area contributed by atoms with Gasteiger partial charge in [-0.05, 0) is 63.0 Å². The normalized spacial score (nSPS) is 15.9. The molecule has 1 aliphatic heterocycles. The molecule has 1 saturated heterocycles. The molecule has 2 aliphatic rings. The zero-order valence-corrected chi connectivity index (χ0v) is 14.7. The predicted molar refractivity (Wildman–Crippen MR) is 99.1 cm³/mol. The SMILES string of the molecule is CC(=O)c1ccc2c(c1)Cc1ncnc(NCCCN3CCCC3)c1-2. The summed E-state index contributed by atoms with van der Waals surface area (Å²) in [5, 5.41) is 3.50. The van der Waals surface area contributed by atoms with Crippen LogP contribution < -0.4 is 5.32 Å². The van der Waals surface area contributed by atoms with Gasteiger partial charge in [-0.3, -0.25) is 4.79 Å². The van der Waals surface area contributed by atoms with Gasteiger partial charge in [0.15, 0.2) is 5.78 Å². The van der Waals surface area contributed by atoms with Gasteiger partial charge in [0.25, 0.3) is 0 Å². The fourth-order valence-corrected chi connectivity index (χ4v) is 3.87. The molecule has 0 bridgehead atoms. The van der Waals surface area contributed by atoms with Gasteiger partial charge in [-0.15, -0.1) is 0 Å². The van der Waals surface area contributed by atoms with Gasteiger partial charge in [0.2, 0.25) is 0 Å². The van der Waals surface area contributed by atoms with Crippen LogP contribution in [0.5, 0.6) is 0 Å². The molecule has 5 heteroatoms. The van der Waals surface area contributed by atoms with Gasteiger partial charge in [0, 0.05) is 24.1 Å². The molecule has 1 fully saturated rings. The minimum Gasteiger partial charge on any atom is -0.369 e. The number of anilines is 1. The van der Waals surface area contributed by atoms with Gasteiger partial charge >= 0.3 is 0 Å². The summed E-state index contributed by atoms with van der Waals surface area (Å²) in [7, 11) is 0. The van der Waals surface area contributed by atoms with Crippen LogP contribution in [0.2, 0.25) is 0 Å². The average molecular weight is 336 g/mol. The third kappa shape index (κ3) is 3.29. The maximum absolute atomic E-state index is 11.6. The topological polar surface area (TPSA) is 58.1 Å². The van der Waals surface area contributed by atoms with Crippen molar-refractivity contribution in [1.82, 2.24) is 14.9 Å². The number of carbonyl (C=O) groups is 1. The number of benzene rings is 1. The van der Waals surface area contributed by atoms with Crippen LogP contribution >= 0.6 is 0 Å². The number of aromatic nitrogens is 2. The number of carbonyl (C=O) groups excluding carboxylic acids is 1. The molecular formula is C20H24N4O. The maximum Gasteiger partial charge on any atom is 0.159 e. The third-order valence-electron chi connectivity index (χ3n) is 5.21. The quantitative estimate of drug-likeness (QED) is 0.553. The fraction of sp³-hybridized carbons (Fsp3) is 0.450. The molecule has 1 aromatic carbocycles. The van der Waals surface area contributed by atoms with E-state index in [1.165, 1.54) is 31.5 Å². The molecule has 2 aromatic rings. The summed E-state index contributed by atoms with van der Waals surface area (Å²) >= 11 is 0. The van der Waals surface area contributed by atoms with Crippen molar-refractivity contribution in [1.29, 1.82) is 0 Å². The predicted octanol–water partition coefficient (Wildman–Crippen LogP) is 3.15. The minimum absolute atomic E-state index is 0.102. The Balaban J connectivity index is 1.48. The fourth-order valence-electron chi connectivity index (χ4n) is 3.87. The first-order valence-corrected chi connectivity index (χ1v) is 9.17. The molecule has 130 valence electrons. The smallest absolute Gasteiger partial charge is 0.159 e. The second kappa shape index (κ2) is 6.92. The molecule has 0 atom stereocenters. The number of ketones is 1. The number of nitrogens with one attached hydrogen (secondary N) is 1. The summed E-state index contributed by atoms with van der Waals surface area (Å²) in [6, 6.07) is 5.94. The molecule has 0 amide bonds. The highest BCUT2D eigenvalue weighted by atomic mass is 16.1. The molecule has 1 N–H and O–H groups in total. The molecule has 25 heavy (non-hydrogen) atoms. The highest BCUT2D eigenvalue weighted by Gasteiger charge is 2.24. The standard InChI is InChI=1S/C20H24N4O/c1-14(25)15-5-6-17-16(11-15)12-18-19(17)20(23-13-22-18)21-7-4-10-24-8-2-3-9-24/h5-6,11,13H,2-4,7-10,12H2,1H3,(H,21,22,23). The summed E-state index contributed by atoms with van der Waals surface area (Å²) in [5.74, 6) is 1.02. The monoisotopic (exact) mass is 336 g/mol. The van der Waals surface area contributed by atoms with Crippen molar-refractivity contribution in [2.24, 2.45) is 0 Å². The second-order valence-corrected chi connectivity index (χ2v) is 6.98. The summed E-state index contributed by atoms with van der Waals surface area (Å²) in [4.78, 5) is 23.1. The van der Waals surface area contributed by atoms with Crippen LogP contribution in [0.25, 0.3) is 11.1 Å². The van der Waals surface area contributed by atoms with Gasteiger partial charge in [0.1, 0.15) is 12.1 Å². The summed E-state index contributed by atoms with van der Waals surface area (Å²) in [6.45, 7) is 6.17. The molecule has 5 nitrogen and oxygen atoms in total. The van der Waals surface area contributed by atoms with Gasteiger partial charge in [0.05, 0.1) is 5.69 Å². The molecular weight excluding hydrogens is 312 g/mol. The first kappa shape index (κ1) is 16.2. The highest BCUT2D eigenvalue weighted by molar-refractivity contribution is 5.96. The van der Waals surface area contributed by atoms with Crippen LogP contribution in [-0.2, 0) is 6.42 Å². The number of hydrogen-bond donors (Lipinski definition) is 1. The Labute approximate surface area is 148 Å². The zero-order chi connectivity index (χ0) is 17.2. The van der Waals surface area contributed by atoms with Crippen LogP contribution in [0.4, 0.5) is 5.82 Å². The maximum atomic E-state index is 11.6. The number of likely N-dealkylation sites (tertiary alicyclic amines) is 1. The van der Waals surface area contributed by atoms with E-state index >= 15 is 0 Å². The van der Waals surface area contributed by atoms with Crippen LogP contribution in [0.15, 0.2) is 24.5 Å². The van der Waals surface area contributed by atoms with Crippen molar-refractivity contribution >= 4 is 11.6 Å². The zero-order valence-electron chi connectivity index (χ0n) is 14.7. The van der Waals surface area contributed by atoms with Crippen molar-refractivity contribution in [3.05, 3.63) is 41.3 Å². The lowest BCUT2D eigenvalue weighted by molar-refractivity contribution is 0.101. The Hall–Kier alpha value is -2.27.